The predicted molar refractivity (Wildman–Crippen MR) is 78.7 cm³/mol. The van der Waals surface area contributed by atoms with E-state index in [1.807, 2.05) is 12.1 Å². The molecule has 4 heteroatoms. The molecule has 0 spiro atoms. The molecule has 0 bridgehead atoms. The summed E-state index contributed by atoms with van der Waals surface area (Å²) in [6, 6.07) is 6.11. The van der Waals surface area contributed by atoms with Crippen molar-refractivity contribution in [3.8, 4) is 0 Å². The van der Waals surface area contributed by atoms with Crippen LogP contribution in [-0.2, 0) is 13.1 Å². The van der Waals surface area contributed by atoms with Gasteiger partial charge in [-0.2, -0.15) is 0 Å². The van der Waals surface area contributed by atoms with Crippen molar-refractivity contribution in [2.75, 3.05) is 27.7 Å². The summed E-state index contributed by atoms with van der Waals surface area (Å²) in [7, 11) is 6.57. The van der Waals surface area contributed by atoms with E-state index >= 15 is 0 Å². The third-order valence-electron chi connectivity index (χ3n) is 4.30. The molecule has 1 saturated carbocycles. The van der Waals surface area contributed by atoms with Gasteiger partial charge in [-0.05, 0) is 52.5 Å². The SMILES string of the molecule is CN(Cc1cccc(CN)n1)CC1(N(C)C)CCC1. The normalized spacial score (nSPS) is 17.8. The van der Waals surface area contributed by atoms with Crippen molar-refractivity contribution >= 4 is 0 Å². The summed E-state index contributed by atoms with van der Waals surface area (Å²) in [4.78, 5) is 9.33. The highest BCUT2D eigenvalue weighted by Crippen LogP contribution is 2.36. The lowest BCUT2D eigenvalue weighted by Crippen LogP contribution is -2.56. The lowest BCUT2D eigenvalue weighted by molar-refractivity contribution is 0.0256. The smallest absolute Gasteiger partial charge is 0.0547 e. The van der Waals surface area contributed by atoms with E-state index in [0.717, 1.165) is 24.5 Å². The summed E-state index contributed by atoms with van der Waals surface area (Å²) >= 11 is 0. The van der Waals surface area contributed by atoms with Crippen molar-refractivity contribution < 1.29 is 0 Å². The number of hydrogen-bond acceptors (Lipinski definition) is 4. The van der Waals surface area contributed by atoms with Crippen LogP contribution in [0.25, 0.3) is 0 Å². The Kier molecular flexibility index (Phi) is 4.55. The third kappa shape index (κ3) is 3.32. The molecule has 1 aromatic heterocycles. The van der Waals surface area contributed by atoms with Crippen molar-refractivity contribution in [3.05, 3.63) is 29.6 Å². The molecule has 0 unspecified atom stereocenters. The second kappa shape index (κ2) is 5.99. The van der Waals surface area contributed by atoms with Crippen molar-refractivity contribution in [2.24, 2.45) is 5.73 Å². The highest BCUT2D eigenvalue weighted by molar-refractivity contribution is 5.11. The van der Waals surface area contributed by atoms with Gasteiger partial charge in [0.2, 0.25) is 0 Å². The van der Waals surface area contributed by atoms with E-state index in [1.165, 1.54) is 19.3 Å². The first-order valence-electron chi connectivity index (χ1n) is 7.06. The zero-order valence-electron chi connectivity index (χ0n) is 12.4. The monoisotopic (exact) mass is 262 g/mol. The number of rotatable bonds is 6. The summed E-state index contributed by atoms with van der Waals surface area (Å²) in [5.74, 6) is 0. The zero-order chi connectivity index (χ0) is 13.9. The topological polar surface area (TPSA) is 45.4 Å². The molecule has 0 amide bonds. The minimum Gasteiger partial charge on any atom is -0.325 e. The summed E-state index contributed by atoms with van der Waals surface area (Å²) in [5.41, 5.74) is 8.09. The number of nitrogens with zero attached hydrogens (tertiary/aromatic N) is 3. The van der Waals surface area contributed by atoms with Crippen molar-refractivity contribution in [2.45, 2.75) is 37.9 Å². The second-order valence-corrected chi connectivity index (χ2v) is 5.97. The highest BCUT2D eigenvalue weighted by atomic mass is 15.2. The van der Waals surface area contributed by atoms with Gasteiger partial charge in [-0.3, -0.25) is 9.88 Å². The maximum absolute atomic E-state index is 5.64. The van der Waals surface area contributed by atoms with Crippen molar-refractivity contribution in [1.29, 1.82) is 0 Å². The predicted octanol–water partition coefficient (Wildman–Crippen LogP) is 1.46. The van der Waals surface area contributed by atoms with Crippen LogP contribution in [0.2, 0.25) is 0 Å². The number of likely N-dealkylation sites (N-methyl/N-ethyl adjacent to an activating group) is 2. The van der Waals surface area contributed by atoms with Gasteiger partial charge in [0.1, 0.15) is 0 Å². The average molecular weight is 262 g/mol. The molecule has 2 N–H and O–H groups in total. The van der Waals surface area contributed by atoms with Crippen LogP contribution in [-0.4, -0.2) is 48.0 Å². The van der Waals surface area contributed by atoms with Gasteiger partial charge in [0.05, 0.1) is 11.4 Å². The molecule has 1 aliphatic carbocycles. The van der Waals surface area contributed by atoms with Gasteiger partial charge in [0.25, 0.3) is 0 Å². The van der Waals surface area contributed by atoms with E-state index in [0.29, 0.717) is 12.1 Å². The van der Waals surface area contributed by atoms with E-state index < -0.39 is 0 Å². The number of nitrogens with two attached hydrogens (primary N) is 1. The molecule has 0 saturated heterocycles. The van der Waals surface area contributed by atoms with Crippen LogP contribution in [0, 0.1) is 0 Å². The largest absolute Gasteiger partial charge is 0.325 e. The maximum atomic E-state index is 5.64. The van der Waals surface area contributed by atoms with Crippen LogP contribution in [0.5, 0.6) is 0 Å². The lowest BCUT2D eigenvalue weighted by Gasteiger charge is -2.49. The fourth-order valence-electron chi connectivity index (χ4n) is 2.90. The van der Waals surface area contributed by atoms with Crippen LogP contribution in [0.4, 0.5) is 0 Å². The third-order valence-corrected chi connectivity index (χ3v) is 4.30. The van der Waals surface area contributed by atoms with Gasteiger partial charge in [-0.15, -0.1) is 0 Å². The summed E-state index contributed by atoms with van der Waals surface area (Å²) in [6.07, 6.45) is 3.97. The molecular formula is C15H26N4. The molecule has 106 valence electrons. The maximum Gasteiger partial charge on any atom is 0.0547 e. The minimum absolute atomic E-state index is 0.375. The summed E-state index contributed by atoms with van der Waals surface area (Å²) in [6.45, 7) is 2.51. The molecule has 0 radical (unpaired) electrons. The van der Waals surface area contributed by atoms with Gasteiger partial charge < -0.3 is 10.6 Å². The molecule has 1 aliphatic rings. The first-order valence-corrected chi connectivity index (χ1v) is 7.06. The number of hydrogen-bond donors (Lipinski definition) is 1. The van der Waals surface area contributed by atoms with E-state index in [1.54, 1.807) is 0 Å². The summed E-state index contributed by atoms with van der Waals surface area (Å²) < 4.78 is 0. The molecule has 19 heavy (non-hydrogen) atoms. The van der Waals surface area contributed by atoms with Gasteiger partial charge in [0.15, 0.2) is 0 Å². The quantitative estimate of drug-likeness (QED) is 0.843. The van der Waals surface area contributed by atoms with Gasteiger partial charge in [0, 0.05) is 25.2 Å². The molecule has 1 fully saturated rings. The van der Waals surface area contributed by atoms with E-state index in [2.05, 4.69) is 42.0 Å². The van der Waals surface area contributed by atoms with Crippen LogP contribution < -0.4 is 5.73 Å². The Bertz CT molecular complexity index is 412. The zero-order valence-corrected chi connectivity index (χ0v) is 12.4. The minimum atomic E-state index is 0.375. The van der Waals surface area contributed by atoms with Gasteiger partial charge in [-0.25, -0.2) is 0 Å². The number of aromatic nitrogens is 1. The Hall–Kier alpha value is -0.970. The van der Waals surface area contributed by atoms with Crippen LogP contribution in [0.1, 0.15) is 30.7 Å². The first-order chi connectivity index (χ1) is 9.05. The van der Waals surface area contributed by atoms with E-state index in [-0.39, 0.29) is 0 Å². The molecule has 4 nitrogen and oxygen atoms in total. The Balaban J connectivity index is 1.95. The Morgan fingerprint density at radius 1 is 1.21 bits per heavy atom. The second-order valence-electron chi connectivity index (χ2n) is 5.97. The number of pyridine rings is 1. The Morgan fingerprint density at radius 3 is 2.42 bits per heavy atom. The van der Waals surface area contributed by atoms with Crippen LogP contribution in [0.3, 0.4) is 0 Å². The molecular weight excluding hydrogens is 236 g/mol. The Labute approximate surface area is 116 Å². The standard InChI is InChI=1S/C15H26N4/c1-18(2)15(8-5-9-15)12-19(3)11-14-7-4-6-13(10-16)17-14/h4,6-7H,5,8-12,16H2,1-3H3. The van der Waals surface area contributed by atoms with Crippen LogP contribution in [0.15, 0.2) is 18.2 Å². The molecule has 0 aromatic carbocycles. The molecule has 0 atom stereocenters. The van der Waals surface area contributed by atoms with Crippen molar-refractivity contribution in [3.63, 3.8) is 0 Å². The molecule has 2 rings (SSSR count). The molecule has 0 aliphatic heterocycles. The fourth-order valence-corrected chi connectivity index (χ4v) is 2.90. The summed E-state index contributed by atoms with van der Waals surface area (Å²) in [5, 5.41) is 0. The highest BCUT2D eigenvalue weighted by Gasteiger charge is 2.39. The Morgan fingerprint density at radius 2 is 1.89 bits per heavy atom. The van der Waals surface area contributed by atoms with E-state index in [4.69, 9.17) is 5.73 Å². The van der Waals surface area contributed by atoms with E-state index in [9.17, 15) is 0 Å². The van der Waals surface area contributed by atoms with Crippen molar-refractivity contribution in [1.82, 2.24) is 14.8 Å². The molecule has 1 aromatic rings. The van der Waals surface area contributed by atoms with Gasteiger partial charge >= 0.3 is 0 Å². The van der Waals surface area contributed by atoms with Crippen LogP contribution >= 0.6 is 0 Å². The average Bonchev–Trinajstić information content (AvgIpc) is 2.33. The molecule has 1 heterocycles. The van der Waals surface area contributed by atoms with Gasteiger partial charge in [-0.1, -0.05) is 6.07 Å². The lowest BCUT2D eigenvalue weighted by atomic mass is 9.75. The fraction of sp³-hybridized carbons (Fsp3) is 0.667. The first kappa shape index (κ1) is 14.4.